The molecular formula is C8H10N2O3. The lowest BCUT2D eigenvalue weighted by molar-refractivity contribution is 0.0694. The van der Waals surface area contributed by atoms with Crippen molar-refractivity contribution in [2.75, 3.05) is 0 Å². The standard InChI is InChI=1S/C8H10N2O3/c1-4(2)7-5(8(12)13)3-6(11)9-10-7/h3-4H,1-2H3,(H,9,11)(H,12,13). The van der Waals surface area contributed by atoms with Crippen LogP contribution in [0.2, 0.25) is 0 Å². The number of aromatic nitrogens is 2. The number of H-pyrrole nitrogens is 1. The number of hydrogen-bond acceptors (Lipinski definition) is 3. The first kappa shape index (κ1) is 9.44. The number of nitrogens with zero attached hydrogens (tertiary/aromatic N) is 1. The topological polar surface area (TPSA) is 83.0 Å². The summed E-state index contributed by atoms with van der Waals surface area (Å²) in [4.78, 5) is 21.5. The molecule has 0 aromatic carbocycles. The summed E-state index contributed by atoms with van der Waals surface area (Å²) < 4.78 is 0. The van der Waals surface area contributed by atoms with Crippen LogP contribution in [0.3, 0.4) is 0 Å². The smallest absolute Gasteiger partial charge is 0.337 e. The van der Waals surface area contributed by atoms with E-state index in [1.165, 1.54) is 0 Å². The largest absolute Gasteiger partial charge is 0.478 e. The average molecular weight is 182 g/mol. The SMILES string of the molecule is CC(C)c1n[nH]c(=O)cc1C(=O)O. The van der Waals surface area contributed by atoms with Crippen LogP contribution in [0.4, 0.5) is 0 Å². The lowest BCUT2D eigenvalue weighted by Crippen LogP contribution is -2.16. The van der Waals surface area contributed by atoms with Gasteiger partial charge in [0, 0.05) is 6.07 Å². The molecule has 1 rings (SSSR count). The number of rotatable bonds is 2. The van der Waals surface area contributed by atoms with Crippen molar-refractivity contribution in [2.45, 2.75) is 19.8 Å². The van der Waals surface area contributed by atoms with Gasteiger partial charge in [-0.15, -0.1) is 0 Å². The molecular weight excluding hydrogens is 172 g/mol. The molecule has 5 nitrogen and oxygen atoms in total. The minimum atomic E-state index is -1.12. The first-order valence-electron chi connectivity index (χ1n) is 3.85. The number of aromatic amines is 1. The lowest BCUT2D eigenvalue weighted by atomic mass is 10.1. The third-order valence-corrected chi connectivity index (χ3v) is 1.62. The molecule has 0 aliphatic rings. The van der Waals surface area contributed by atoms with Gasteiger partial charge in [-0.05, 0) is 5.92 Å². The highest BCUT2D eigenvalue weighted by Gasteiger charge is 2.14. The fourth-order valence-electron chi connectivity index (χ4n) is 1.02. The Morgan fingerprint density at radius 3 is 2.69 bits per heavy atom. The Kier molecular flexibility index (Phi) is 2.46. The number of carboxylic acid groups (broad SMARTS) is 1. The molecule has 5 heteroatoms. The van der Waals surface area contributed by atoms with Crippen molar-refractivity contribution in [1.29, 1.82) is 0 Å². The molecule has 70 valence electrons. The number of carboxylic acids is 1. The Balaban J connectivity index is 3.35. The van der Waals surface area contributed by atoms with Gasteiger partial charge in [0.1, 0.15) is 0 Å². The highest BCUT2D eigenvalue weighted by atomic mass is 16.4. The predicted octanol–water partition coefficient (Wildman–Crippen LogP) is 0.592. The third-order valence-electron chi connectivity index (χ3n) is 1.62. The molecule has 1 aromatic heterocycles. The summed E-state index contributed by atoms with van der Waals surface area (Å²) in [5.74, 6) is -1.15. The van der Waals surface area contributed by atoms with Crippen LogP contribution in [0.25, 0.3) is 0 Å². The third kappa shape index (κ3) is 1.93. The van der Waals surface area contributed by atoms with Gasteiger partial charge in [0.25, 0.3) is 5.56 Å². The zero-order valence-electron chi connectivity index (χ0n) is 7.37. The van der Waals surface area contributed by atoms with Crippen molar-refractivity contribution in [1.82, 2.24) is 10.2 Å². The Morgan fingerprint density at radius 1 is 1.62 bits per heavy atom. The van der Waals surface area contributed by atoms with E-state index in [-0.39, 0.29) is 11.5 Å². The number of carbonyl (C=O) groups is 1. The van der Waals surface area contributed by atoms with E-state index in [1.807, 2.05) is 13.8 Å². The highest BCUT2D eigenvalue weighted by molar-refractivity contribution is 5.88. The summed E-state index contributed by atoms with van der Waals surface area (Å²) in [5.41, 5.74) is -0.132. The average Bonchev–Trinajstić information content (AvgIpc) is 2.03. The number of aromatic carboxylic acids is 1. The van der Waals surface area contributed by atoms with Crippen LogP contribution >= 0.6 is 0 Å². The van der Waals surface area contributed by atoms with E-state index in [0.717, 1.165) is 6.07 Å². The maximum atomic E-state index is 10.8. The van der Waals surface area contributed by atoms with Crippen LogP contribution < -0.4 is 5.56 Å². The van der Waals surface area contributed by atoms with Gasteiger partial charge in [0.15, 0.2) is 0 Å². The van der Waals surface area contributed by atoms with Crippen molar-refractivity contribution in [3.63, 3.8) is 0 Å². The van der Waals surface area contributed by atoms with Crippen LogP contribution in [0.5, 0.6) is 0 Å². The Morgan fingerprint density at radius 2 is 2.23 bits per heavy atom. The van der Waals surface area contributed by atoms with E-state index >= 15 is 0 Å². The molecule has 0 aliphatic heterocycles. The molecule has 0 saturated carbocycles. The first-order chi connectivity index (χ1) is 6.02. The van der Waals surface area contributed by atoms with Gasteiger partial charge in [0.2, 0.25) is 0 Å². The van der Waals surface area contributed by atoms with Crippen molar-refractivity contribution in [2.24, 2.45) is 0 Å². The zero-order chi connectivity index (χ0) is 10.0. The van der Waals surface area contributed by atoms with Gasteiger partial charge in [-0.3, -0.25) is 4.79 Å². The summed E-state index contributed by atoms with van der Waals surface area (Å²) in [7, 11) is 0. The first-order valence-corrected chi connectivity index (χ1v) is 3.85. The molecule has 0 bridgehead atoms. The quantitative estimate of drug-likeness (QED) is 0.701. The van der Waals surface area contributed by atoms with Crippen molar-refractivity contribution < 1.29 is 9.90 Å². The van der Waals surface area contributed by atoms with E-state index in [2.05, 4.69) is 10.2 Å². The molecule has 0 radical (unpaired) electrons. The highest BCUT2D eigenvalue weighted by Crippen LogP contribution is 2.13. The molecule has 0 spiro atoms. The Bertz CT molecular complexity index is 381. The molecule has 0 fully saturated rings. The molecule has 1 heterocycles. The van der Waals surface area contributed by atoms with Crippen molar-refractivity contribution in [3.05, 3.63) is 27.7 Å². The van der Waals surface area contributed by atoms with E-state index < -0.39 is 11.5 Å². The molecule has 2 N–H and O–H groups in total. The van der Waals surface area contributed by atoms with Gasteiger partial charge >= 0.3 is 5.97 Å². The maximum Gasteiger partial charge on any atom is 0.337 e. The van der Waals surface area contributed by atoms with E-state index in [0.29, 0.717) is 5.69 Å². The summed E-state index contributed by atoms with van der Waals surface area (Å²) in [6, 6.07) is 1.05. The fourth-order valence-corrected chi connectivity index (χ4v) is 1.02. The van der Waals surface area contributed by atoms with Gasteiger partial charge in [-0.1, -0.05) is 13.8 Å². The second-order valence-electron chi connectivity index (χ2n) is 2.99. The number of nitrogens with one attached hydrogen (secondary N) is 1. The van der Waals surface area contributed by atoms with Crippen LogP contribution in [0, 0.1) is 0 Å². The maximum absolute atomic E-state index is 10.8. The Labute approximate surface area is 74.4 Å². The summed E-state index contributed by atoms with van der Waals surface area (Å²) in [6.07, 6.45) is 0. The van der Waals surface area contributed by atoms with Crippen LogP contribution in [0.1, 0.15) is 35.8 Å². The summed E-state index contributed by atoms with van der Waals surface area (Å²) in [5, 5.41) is 14.6. The summed E-state index contributed by atoms with van der Waals surface area (Å²) >= 11 is 0. The molecule has 0 amide bonds. The van der Waals surface area contributed by atoms with E-state index in [4.69, 9.17) is 5.11 Å². The van der Waals surface area contributed by atoms with Crippen LogP contribution in [0.15, 0.2) is 10.9 Å². The van der Waals surface area contributed by atoms with Gasteiger partial charge in [-0.25, -0.2) is 9.89 Å². The normalized spacial score (nSPS) is 10.4. The zero-order valence-corrected chi connectivity index (χ0v) is 7.37. The fraction of sp³-hybridized carbons (Fsp3) is 0.375. The van der Waals surface area contributed by atoms with Crippen LogP contribution in [-0.2, 0) is 0 Å². The van der Waals surface area contributed by atoms with Gasteiger partial charge in [-0.2, -0.15) is 5.10 Å². The Hall–Kier alpha value is -1.65. The second-order valence-corrected chi connectivity index (χ2v) is 2.99. The van der Waals surface area contributed by atoms with E-state index in [1.54, 1.807) is 0 Å². The second kappa shape index (κ2) is 3.38. The van der Waals surface area contributed by atoms with Crippen molar-refractivity contribution in [3.8, 4) is 0 Å². The van der Waals surface area contributed by atoms with Gasteiger partial charge < -0.3 is 5.11 Å². The van der Waals surface area contributed by atoms with E-state index in [9.17, 15) is 9.59 Å². The molecule has 0 saturated heterocycles. The molecule has 13 heavy (non-hydrogen) atoms. The van der Waals surface area contributed by atoms with Gasteiger partial charge in [0.05, 0.1) is 11.3 Å². The predicted molar refractivity (Wildman–Crippen MR) is 45.9 cm³/mol. The summed E-state index contributed by atoms with van der Waals surface area (Å²) in [6.45, 7) is 3.63. The minimum Gasteiger partial charge on any atom is -0.478 e. The minimum absolute atomic E-state index is 0.0250. The molecule has 0 atom stereocenters. The molecule has 1 aromatic rings. The monoisotopic (exact) mass is 182 g/mol. The van der Waals surface area contributed by atoms with Crippen LogP contribution in [-0.4, -0.2) is 21.3 Å². The lowest BCUT2D eigenvalue weighted by Gasteiger charge is -2.05. The number of hydrogen-bond donors (Lipinski definition) is 2. The molecule has 0 aliphatic carbocycles. The molecule has 0 unspecified atom stereocenters. The van der Waals surface area contributed by atoms with Crippen molar-refractivity contribution >= 4 is 5.97 Å².